The van der Waals surface area contributed by atoms with E-state index in [9.17, 15) is 4.79 Å². The van der Waals surface area contributed by atoms with Gasteiger partial charge in [0.25, 0.3) is 0 Å². The fourth-order valence-electron chi connectivity index (χ4n) is 1.22. The van der Waals surface area contributed by atoms with Crippen molar-refractivity contribution < 1.29 is 9.53 Å². The first kappa shape index (κ1) is 13.7. The maximum Gasteiger partial charge on any atom is 0.516 e. The highest BCUT2D eigenvalue weighted by molar-refractivity contribution is 7.64. The minimum absolute atomic E-state index is 0.0879. The molecular formula is C14H18O2P+. The van der Waals surface area contributed by atoms with E-state index in [2.05, 4.69) is 13.3 Å². The molecule has 1 rings (SSSR count). The molecule has 0 aliphatic carbocycles. The van der Waals surface area contributed by atoms with E-state index < -0.39 is 0 Å². The Bertz CT molecular complexity index is 416. The van der Waals surface area contributed by atoms with E-state index in [0.717, 1.165) is 0 Å². The summed E-state index contributed by atoms with van der Waals surface area (Å²) in [7, 11) is -0.0879. The van der Waals surface area contributed by atoms with Gasteiger partial charge in [0.15, 0.2) is 0 Å². The largest absolute Gasteiger partial charge is 0.516 e. The molecule has 0 radical (unpaired) electrons. The number of ether oxygens (including phenoxy) is 1. The zero-order valence-electron chi connectivity index (χ0n) is 10.4. The number of rotatable bonds is 4. The van der Waals surface area contributed by atoms with Gasteiger partial charge in [0.2, 0.25) is 5.75 Å². The maximum atomic E-state index is 9.49. The molecule has 0 unspecified atom stereocenters. The predicted molar refractivity (Wildman–Crippen MR) is 76.4 cm³/mol. The Hall–Kier alpha value is -1.40. The highest BCUT2D eigenvalue weighted by Gasteiger charge is 2.10. The summed E-state index contributed by atoms with van der Waals surface area (Å²) in [5.74, 6) is 0.541. The summed E-state index contributed by atoms with van der Waals surface area (Å²) in [6, 6.07) is 7.81. The second-order valence-corrected chi connectivity index (χ2v) is 6.02. The van der Waals surface area contributed by atoms with Crippen LogP contribution >= 0.6 is 7.92 Å². The number of hydrogen-bond acceptors (Lipinski definition) is 1. The maximum absolute atomic E-state index is 9.49. The molecule has 0 spiro atoms. The van der Waals surface area contributed by atoms with E-state index in [-0.39, 0.29) is 13.9 Å². The van der Waals surface area contributed by atoms with E-state index in [1.807, 2.05) is 43.3 Å². The van der Waals surface area contributed by atoms with Crippen LogP contribution in [0.2, 0.25) is 0 Å². The number of carbonyl (C=O) groups excluding carboxylic acids is 1. The fraction of sp³-hybridized carbons (Fsp3) is 0.214. The lowest BCUT2D eigenvalue weighted by Crippen LogP contribution is -2.05. The van der Waals surface area contributed by atoms with Gasteiger partial charge >= 0.3 is 5.97 Å². The van der Waals surface area contributed by atoms with Gasteiger partial charge in [0.05, 0.1) is 6.08 Å². The first-order valence-electron chi connectivity index (χ1n) is 5.44. The lowest BCUT2D eigenvalue weighted by molar-refractivity contribution is 0.473. The van der Waals surface area contributed by atoms with Crippen LogP contribution in [0, 0.1) is 0 Å². The molecule has 3 heteroatoms. The molecule has 17 heavy (non-hydrogen) atoms. The third-order valence-corrected chi connectivity index (χ3v) is 3.45. The number of allylic oxidation sites excluding steroid dienone is 3. The second kappa shape index (κ2) is 7.03. The van der Waals surface area contributed by atoms with Crippen molar-refractivity contribution in [2.75, 3.05) is 13.3 Å². The van der Waals surface area contributed by atoms with Crippen LogP contribution in [0.15, 0.2) is 48.6 Å². The lowest BCUT2D eigenvalue weighted by atomic mass is 10.3. The van der Waals surface area contributed by atoms with Crippen LogP contribution in [0.5, 0.6) is 5.75 Å². The topological polar surface area (TPSA) is 30.6 Å². The molecular weight excluding hydrogens is 231 g/mol. The first-order valence-corrected chi connectivity index (χ1v) is 7.67. The van der Waals surface area contributed by atoms with E-state index in [0.29, 0.717) is 5.75 Å². The SMILES string of the molecule is C/C=C/C=C/C(=[OH+])Oc1ccc(P(C)C)cc1. The van der Waals surface area contributed by atoms with Crippen molar-refractivity contribution in [3.63, 3.8) is 0 Å². The Labute approximate surface area is 104 Å². The molecule has 2 nitrogen and oxygen atoms in total. The summed E-state index contributed by atoms with van der Waals surface area (Å²) in [5, 5.41) is 1.32. The molecule has 0 saturated carbocycles. The summed E-state index contributed by atoms with van der Waals surface area (Å²) in [5.41, 5.74) is 0. The van der Waals surface area contributed by atoms with Gasteiger partial charge in [-0.1, -0.05) is 20.1 Å². The molecule has 0 aliphatic rings. The van der Waals surface area contributed by atoms with Crippen LogP contribution in [-0.4, -0.2) is 24.1 Å². The smallest absolute Gasteiger partial charge is 0.335 e. The van der Waals surface area contributed by atoms with Crippen LogP contribution in [-0.2, 0) is 0 Å². The van der Waals surface area contributed by atoms with Gasteiger partial charge in [-0.3, -0.25) is 4.74 Å². The Morgan fingerprint density at radius 2 is 1.82 bits per heavy atom. The number of hydrogen-bond donors (Lipinski definition) is 0. The number of esters is 1. The van der Waals surface area contributed by atoms with Crippen molar-refractivity contribution >= 4 is 19.2 Å². The number of benzene rings is 1. The van der Waals surface area contributed by atoms with Crippen molar-refractivity contribution in [3.05, 3.63) is 48.6 Å². The predicted octanol–water partition coefficient (Wildman–Crippen LogP) is 3.07. The van der Waals surface area contributed by atoms with Gasteiger partial charge in [-0.05, 0) is 43.8 Å². The molecule has 1 aromatic rings. The van der Waals surface area contributed by atoms with E-state index >= 15 is 0 Å². The van der Waals surface area contributed by atoms with Gasteiger partial charge in [-0.25, -0.2) is 0 Å². The van der Waals surface area contributed by atoms with Crippen molar-refractivity contribution in [3.8, 4) is 5.75 Å². The highest BCUT2D eigenvalue weighted by atomic mass is 31.1. The quantitative estimate of drug-likeness (QED) is 0.201. The zero-order chi connectivity index (χ0) is 12.7. The van der Waals surface area contributed by atoms with Crippen LogP contribution in [0.4, 0.5) is 0 Å². The second-order valence-electron chi connectivity index (χ2n) is 3.71. The lowest BCUT2D eigenvalue weighted by Gasteiger charge is -2.03. The molecule has 0 aromatic heterocycles. The zero-order valence-corrected chi connectivity index (χ0v) is 11.3. The average molecular weight is 249 g/mol. The van der Waals surface area contributed by atoms with Crippen LogP contribution in [0.25, 0.3) is 0 Å². The molecule has 0 amide bonds. The van der Waals surface area contributed by atoms with Crippen LogP contribution < -0.4 is 10.0 Å². The van der Waals surface area contributed by atoms with Gasteiger partial charge in [0, 0.05) is 12.1 Å². The molecule has 0 aliphatic heterocycles. The van der Waals surface area contributed by atoms with E-state index in [1.54, 1.807) is 6.08 Å². The summed E-state index contributed by atoms with van der Waals surface area (Å²) in [6.45, 7) is 6.32. The minimum Gasteiger partial charge on any atom is -0.335 e. The molecule has 0 atom stereocenters. The standard InChI is InChI=1S/C14H17O2P/c1-4-5-6-7-14(15)16-12-8-10-13(11-9-12)17(2)3/h4-11H,1-3H3/p+1/b5-4+,7-6+. The third-order valence-electron chi connectivity index (χ3n) is 2.12. The molecule has 0 heterocycles. The van der Waals surface area contributed by atoms with Crippen molar-refractivity contribution in [1.82, 2.24) is 0 Å². The van der Waals surface area contributed by atoms with Crippen LogP contribution in [0.3, 0.4) is 0 Å². The van der Waals surface area contributed by atoms with E-state index in [1.165, 1.54) is 11.4 Å². The fourth-order valence-corrected chi connectivity index (χ4v) is 1.96. The Morgan fingerprint density at radius 3 is 2.35 bits per heavy atom. The van der Waals surface area contributed by atoms with Gasteiger partial charge in [-0.2, -0.15) is 0 Å². The molecule has 90 valence electrons. The Kier molecular flexibility index (Phi) is 5.65. The normalized spacial score (nSPS) is 11.5. The summed E-state index contributed by atoms with van der Waals surface area (Å²) in [4.78, 5) is 9.49. The van der Waals surface area contributed by atoms with E-state index in [4.69, 9.17) is 4.74 Å². The van der Waals surface area contributed by atoms with Gasteiger partial charge in [-0.15, -0.1) is 0 Å². The third kappa shape index (κ3) is 4.97. The Morgan fingerprint density at radius 1 is 1.18 bits per heavy atom. The first-order chi connectivity index (χ1) is 8.13. The molecule has 0 fully saturated rings. The minimum atomic E-state index is -0.105. The monoisotopic (exact) mass is 249 g/mol. The molecule has 1 aromatic carbocycles. The summed E-state index contributed by atoms with van der Waals surface area (Å²) in [6.07, 6.45) is 6.94. The van der Waals surface area contributed by atoms with Gasteiger partial charge < -0.3 is 4.79 Å². The van der Waals surface area contributed by atoms with Crippen molar-refractivity contribution in [1.29, 1.82) is 0 Å². The van der Waals surface area contributed by atoms with Crippen molar-refractivity contribution in [2.24, 2.45) is 0 Å². The summed E-state index contributed by atoms with van der Waals surface area (Å²) < 4.78 is 5.25. The van der Waals surface area contributed by atoms with Crippen molar-refractivity contribution in [2.45, 2.75) is 6.92 Å². The molecule has 0 bridgehead atoms. The van der Waals surface area contributed by atoms with Gasteiger partial charge in [0.1, 0.15) is 0 Å². The summed E-state index contributed by atoms with van der Waals surface area (Å²) >= 11 is 0. The average Bonchev–Trinajstić information content (AvgIpc) is 2.30. The molecule has 1 N–H and O–H groups in total. The highest BCUT2D eigenvalue weighted by Crippen LogP contribution is 2.24. The van der Waals surface area contributed by atoms with Crippen LogP contribution in [0.1, 0.15) is 6.92 Å². The molecule has 0 saturated heterocycles. The Balaban J connectivity index is 2.60.